The maximum absolute atomic E-state index is 12.8. The van der Waals surface area contributed by atoms with Gasteiger partial charge in [-0.25, -0.2) is 22.0 Å². The number of tetrazole rings is 1. The van der Waals surface area contributed by atoms with Gasteiger partial charge in [-0.3, -0.25) is 9.97 Å². The first-order chi connectivity index (χ1) is 17.7. The molecule has 0 saturated carbocycles. The Morgan fingerprint density at radius 1 is 1.11 bits per heavy atom. The van der Waals surface area contributed by atoms with Crippen LogP contribution in [-0.2, 0) is 24.7 Å². The predicted molar refractivity (Wildman–Crippen MR) is 120 cm³/mol. The number of quaternary nitrogens is 1. The van der Waals surface area contributed by atoms with E-state index in [1.165, 1.54) is 18.3 Å². The Morgan fingerprint density at radius 3 is 2.34 bits per heavy atom. The van der Waals surface area contributed by atoms with Crippen LogP contribution < -0.4 is 16.0 Å². The molecule has 4 rings (SSSR count). The molecule has 0 unspecified atom stereocenters. The van der Waals surface area contributed by atoms with Crippen molar-refractivity contribution in [2.24, 2.45) is 5.14 Å². The number of hydrogen-bond acceptors (Lipinski definition) is 11. The number of nitrogens with one attached hydrogen (secondary N) is 1. The lowest BCUT2D eigenvalue weighted by atomic mass is 10.00. The van der Waals surface area contributed by atoms with Crippen LogP contribution >= 0.6 is 0 Å². The van der Waals surface area contributed by atoms with E-state index in [-0.39, 0.29) is 23.7 Å². The summed E-state index contributed by atoms with van der Waals surface area (Å²) < 4.78 is 82.3. The van der Waals surface area contributed by atoms with E-state index in [9.17, 15) is 30.0 Å². The van der Waals surface area contributed by atoms with Crippen molar-refractivity contribution in [1.29, 1.82) is 0 Å². The van der Waals surface area contributed by atoms with E-state index >= 15 is 0 Å². The molecule has 0 spiro atoms. The Hall–Kier alpha value is -4.07. The highest BCUT2D eigenvalue weighted by molar-refractivity contribution is 7.93. The largest absolute Gasteiger partial charge is 0.542 e. The summed E-state index contributed by atoms with van der Waals surface area (Å²) in [5.41, 5.74) is 5.41. The topological polar surface area (TPSA) is 242 Å². The standard InChI is InChI=1S/C17H16N8O4S2.C2HF3O2/c18-5-7-30(26,27)14-4-3-11(10-8-13-12(21-9-10)2-1-6-20-13)15(16(14)31(19,28)29)17-22-24-25-23-17;3-2(4,5)1(6)7/h1-4,6,8-9H,5,7,18H2,(H2,19,28,29)(H,22,23,24,25);(H,6,7). The molecule has 0 saturated heterocycles. The Morgan fingerprint density at radius 2 is 1.79 bits per heavy atom. The number of aromatic nitrogens is 6. The van der Waals surface area contributed by atoms with Gasteiger partial charge in [0.15, 0.2) is 9.84 Å². The van der Waals surface area contributed by atoms with E-state index < -0.39 is 41.8 Å². The van der Waals surface area contributed by atoms with E-state index in [0.29, 0.717) is 22.2 Å². The van der Waals surface area contributed by atoms with E-state index in [0.717, 1.165) is 0 Å². The quantitative estimate of drug-likeness (QED) is 0.238. The SMILES string of the molecule is NS(=O)(=O)c1c(S(=O)(=O)CC[NH3+])ccc(-c2cnc3cccnc3c2)c1-c1nn[nH]n1.O=C([O-])C(F)(F)F. The molecule has 6 N–H and O–H groups in total. The molecule has 0 radical (unpaired) electrons. The number of sulfonamides is 1. The van der Waals surface area contributed by atoms with Gasteiger partial charge in [0.1, 0.15) is 16.6 Å². The van der Waals surface area contributed by atoms with Crippen molar-refractivity contribution >= 4 is 36.9 Å². The predicted octanol–water partition coefficient (Wildman–Crippen LogP) is -1.56. The lowest BCUT2D eigenvalue weighted by Crippen LogP contribution is -2.53. The summed E-state index contributed by atoms with van der Waals surface area (Å²) >= 11 is 0. The molecule has 14 nitrogen and oxygen atoms in total. The number of nitrogens with zero attached hydrogens (tertiary/aromatic N) is 5. The number of carbonyl (C=O) groups is 1. The molecule has 1 aromatic carbocycles. The number of nitrogens with two attached hydrogens (primary N) is 1. The zero-order valence-corrected chi connectivity index (χ0v) is 20.5. The second-order valence-electron chi connectivity index (χ2n) is 7.32. The molecule has 0 aliphatic heterocycles. The van der Waals surface area contributed by atoms with Crippen molar-refractivity contribution in [2.75, 3.05) is 12.3 Å². The summed E-state index contributed by atoms with van der Waals surface area (Å²) in [4.78, 5) is 16.3. The molecule has 38 heavy (non-hydrogen) atoms. The number of aromatic amines is 1. The number of carbonyl (C=O) groups excluding carboxylic acids is 1. The first-order valence-electron chi connectivity index (χ1n) is 10.1. The van der Waals surface area contributed by atoms with Gasteiger partial charge in [-0.1, -0.05) is 6.07 Å². The summed E-state index contributed by atoms with van der Waals surface area (Å²) in [5.74, 6) is -3.50. The number of rotatable bonds is 6. The van der Waals surface area contributed by atoms with Crippen LogP contribution in [0.4, 0.5) is 13.2 Å². The Balaban J connectivity index is 0.000000505. The number of carboxylic acid groups (broad SMARTS) is 1. The highest BCUT2D eigenvalue weighted by Gasteiger charge is 2.32. The van der Waals surface area contributed by atoms with E-state index in [2.05, 4.69) is 36.3 Å². The van der Waals surface area contributed by atoms with Crippen molar-refractivity contribution in [2.45, 2.75) is 16.0 Å². The third-order valence-electron chi connectivity index (χ3n) is 4.72. The molecule has 0 aliphatic rings. The number of hydrogen-bond donors (Lipinski definition) is 3. The van der Waals surface area contributed by atoms with Crippen molar-refractivity contribution in [1.82, 2.24) is 30.6 Å². The third kappa shape index (κ3) is 6.25. The molecule has 0 bridgehead atoms. The van der Waals surface area contributed by atoms with Crippen LogP contribution in [0.2, 0.25) is 0 Å². The first-order valence-corrected chi connectivity index (χ1v) is 13.3. The van der Waals surface area contributed by atoms with Gasteiger partial charge in [-0.2, -0.15) is 18.4 Å². The van der Waals surface area contributed by atoms with Gasteiger partial charge in [0.2, 0.25) is 15.8 Å². The average molecular weight is 575 g/mol. The van der Waals surface area contributed by atoms with Crippen molar-refractivity contribution in [3.8, 4) is 22.5 Å². The molecule has 0 amide bonds. The maximum Gasteiger partial charge on any atom is 0.430 e. The van der Waals surface area contributed by atoms with Crippen LogP contribution in [0, 0.1) is 0 Å². The Bertz CT molecular complexity index is 1700. The summed E-state index contributed by atoms with van der Waals surface area (Å²) in [6.07, 6.45) is -2.09. The Labute approximate surface area is 211 Å². The normalized spacial score (nSPS) is 12.1. The van der Waals surface area contributed by atoms with Gasteiger partial charge in [0.25, 0.3) is 0 Å². The summed E-state index contributed by atoms with van der Waals surface area (Å²) in [6, 6.07) is 7.87. The molecular weight excluding hydrogens is 557 g/mol. The lowest BCUT2D eigenvalue weighted by molar-refractivity contribution is -0.360. The molecule has 0 fully saturated rings. The zero-order valence-electron chi connectivity index (χ0n) is 18.9. The number of fused-ring (bicyclic) bond motifs is 1. The molecule has 4 aromatic rings. The number of aliphatic carboxylic acids is 1. The molecule has 0 atom stereocenters. The van der Waals surface area contributed by atoms with Gasteiger partial charge in [-0.05, 0) is 35.0 Å². The van der Waals surface area contributed by atoms with Gasteiger partial charge in [0.05, 0.1) is 28.0 Å². The van der Waals surface area contributed by atoms with E-state index in [4.69, 9.17) is 15.0 Å². The average Bonchev–Trinajstić information content (AvgIpc) is 3.37. The highest BCUT2D eigenvalue weighted by Crippen LogP contribution is 2.39. The van der Waals surface area contributed by atoms with E-state index in [1.807, 2.05) is 0 Å². The highest BCUT2D eigenvalue weighted by atomic mass is 32.2. The van der Waals surface area contributed by atoms with Crippen LogP contribution in [0.25, 0.3) is 33.5 Å². The lowest BCUT2D eigenvalue weighted by Gasteiger charge is -2.16. The number of primary sulfonamides is 1. The molecule has 3 heterocycles. The van der Waals surface area contributed by atoms with Crippen LogP contribution in [0.15, 0.2) is 52.5 Å². The fraction of sp³-hybridized carbons (Fsp3) is 0.158. The zero-order chi connectivity index (χ0) is 28.3. The molecule has 202 valence electrons. The number of sulfone groups is 1. The summed E-state index contributed by atoms with van der Waals surface area (Å²) in [6.45, 7) is 0.0476. The van der Waals surface area contributed by atoms with Crippen LogP contribution in [0.1, 0.15) is 0 Å². The second kappa shape index (κ2) is 10.7. The number of halogens is 3. The molecule has 3 aromatic heterocycles. The van der Waals surface area contributed by atoms with Crippen LogP contribution in [-0.4, -0.2) is 71.9 Å². The molecular formula is C19H17F3N8O6S2. The third-order valence-corrected chi connectivity index (χ3v) is 7.68. The Kier molecular flexibility index (Phi) is 8.05. The van der Waals surface area contributed by atoms with Crippen molar-refractivity contribution < 1.29 is 45.6 Å². The number of H-pyrrole nitrogens is 1. The second-order valence-corrected chi connectivity index (χ2v) is 10.9. The summed E-state index contributed by atoms with van der Waals surface area (Å²) in [5, 5.41) is 27.7. The number of benzene rings is 1. The van der Waals surface area contributed by atoms with Crippen molar-refractivity contribution in [3.63, 3.8) is 0 Å². The van der Waals surface area contributed by atoms with Gasteiger partial charge in [0, 0.05) is 18.0 Å². The minimum Gasteiger partial charge on any atom is -0.542 e. The van der Waals surface area contributed by atoms with Gasteiger partial charge in [-0.15, -0.1) is 10.2 Å². The fourth-order valence-corrected chi connectivity index (χ4v) is 6.04. The van der Waals surface area contributed by atoms with Crippen molar-refractivity contribution in [3.05, 3.63) is 42.7 Å². The van der Waals surface area contributed by atoms with E-state index in [1.54, 1.807) is 24.4 Å². The first kappa shape index (κ1) is 28.5. The monoisotopic (exact) mass is 574 g/mol. The number of carboxylic acids is 1. The van der Waals surface area contributed by atoms with Crippen LogP contribution in [0.3, 0.4) is 0 Å². The minimum absolute atomic E-state index is 0.0476. The molecule has 0 aliphatic carbocycles. The smallest absolute Gasteiger partial charge is 0.430 e. The maximum atomic E-state index is 12.8. The van der Waals surface area contributed by atoms with Crippen LogP contribution in [0.5, 0.6) is 0 Å². The number of alkyl halides is 3. The number of pyridine rings is 2. The van der Waals surface area contributed by atoms with Gasteiger partial charge >= 0.3 is 6.18 Å². The minimum atomic E-state index is -5.19. The summed E-state index contributed by atoms with van der Waals surface area (Å²) in [7, 11) is -8.53. The van der Waals surface area contributed by atoms with Gasteiger partial charge < -0.3 is 15.6 Å². The fourth-order valence-electron chi connectivity index (χ4n) is 3.22. The molecule has 19 heteroatoms.